The van der Waals surface area contributed by atoms with E-state index in [0.29, 0.717) is 10.8 Å². The van der Waals surface area contributed by atoms with Gasteiger partial charge in [0.15, 0.2) is 5.11 Å². The smallest absolute Gasteiger partial charge is 0.323 e. The number of para-hydroxylation sites is 2. The minimum atomic E-state index is -0.298. The Balaban J connectivity index is 1.45. The highest BCUT2D eigenvalue weighted by Gasteiger charge is 2.02. The van der Waals surface area contributed by atoms with Gasteiger partial charge < -0.3 is 16.0 Å². The van der Waals surface area contributed by atoms with Crippen LogP contribution in [0.3, 0.4) is 0 Å². The van der Waals surface area contributed by atoms with Crippen LogP contribution in [0.4, 0.5) is 27.5 Å². The molecule has 0 aliphatic heterocycles. The largest absolute Gasteiger partial charge is 0.331 e. The number of hydrogen-bond acceptors (Lipinski definition) is 3. The Morgan fingerprint density at radius 1 is 0.593 bits per heavy atom. The van der Waals surface area contributed by atoms with E-state index in [1.165, 1.54) is 0 Å². The fraction of sp³-hybridized carbons (Fsp3) is 0. The SMILES string of the molecule is O=C(Nc1ccccc1)Nc1ccc(NNC(=S)Nc2ccccc2)cc1. The van der Waals surface area contributed by atoms with Crippen molar-refractivity contribution >= 4 is 46.1 Å². The third-order valence-corrected chi connectivity index (χ3v) is 3.73. The van der Waals surface area contributed by atoms with E-state index in [0.717, 1.165) is 17.1 Å². The second-order valence-corrected chi connectivity index (χ2v) is 6.00. The number of carbonyl (C=O) groups excluding carboxylic acids is 1. The van der Waals surface area contributed by atoms with Crippen molar-refractivity contribution in [2.45, 2.75) is 0 Å². The topological polar surface area (TPSA) is 77.2 Å². The first-order valence-electron chi connectivity index (χ1n) is 8.30. The van der Waals surface area contributed by atoms with E-state index in [2.05, 4.69) is 26.8 Å². The summed E-state index contributed by atoms with van der Waals surface area (Å²) in [5.74, 6) is 0. The van der Waals surface area contributed by atoms with Gasteiger partial charge in [-0.25, -0.2) is 4.79 Å². The molecule has 5 N–H and O–H groups in total. The number of benzene rings is 3. The van der Waals surface area contributed by atoms with E-state index in [4.69, 9.17) is 12.2 Å². The standard InChI is InChI=1S/C20H19N5OS/c26-19(21-15-7-3-1-4-8-15)22-17-11-13-18(14-12-17)24-25-20(27)23-16-9-5-2-6-10-16/h1-14,24H,(H2,21,22,26)(H2,23,25,27). The van der Waals surface area contributed by atoms with Crippen LogP contribution in [0.2, 0.25) is 0 Å². The highest BCUT2D eigenvalue weighted by Crippen LogP contribution is 2.14. The average Bonchev–Trinajstić information content (AvgIpc) is 2.69. The summed E-state index contributed by atoms with van der Waals surface area (Å²) in [5.41, 5.74) is 9.04. The van der Waals surface area contributed by atoms with Crippen LogP contribution in [-0.2, 0) is 0 Å². The predicted octanol–water partition coefficient (Wildman–Crippen LogP) is 4.64. The number of nitrogens with one attached hydrogen (secondary N) is 5. The number of hydrogen-bond donors (Lipinski definition) is 5. The monoisotopic (exact) mass is 377 g/mol. The number of amides is 2. The van der Waals surface area contributed by atoms with Gasteiger partial charge in [0.05, 0.1) is 5.69 Å². The lowest BCUT2D eigenvalue weighted by Crippen LogP contribution is -2.33. The van der Waals surface area contributed by atoms with Crippen LogP contribution in [0, 0.1) is 0 Å². The van der Waals surface area contributed by atoms with Gasteiger partial charge in [-0.1, -0.05) is 36.4 Å². The zero-order valence-corrected chi connectivity index (χ0v) is 15.2. The first kappa shape index (κ1) is 18.2. The molecule has 3 aromatic carbocycles. The van der Waals surface area contributed by atoms with Crippen molar-refractivity contribution in [3.63, 3.8) is 0 Å². The molecule has 0 aliphatic rings. The van der Waals surface area contributed by atoms with Crippen LogP contribution in [-0.4, -0.2) is 11.1 Å². The van der Waals surface area contributed by atoms with E-state index < -0.39 is 0 Å². The molecule has 0 spiro atoms. The van der Waals surface area contributed by atoms with Crippen molar-refractivity contribution in [3.8, 4) is 0 Å². The van der Waals surface area contributed by atoms with Crippen molar-refractivity contribution in [1.82, 2.24) is 5.43 Å². The summed E-state index contributed by atoms with van der Waals surface area (Å²) in [4.78, 5) is 12.0. The van der Waals surface area contributed by atoms with Gasteiger partial charge >= 0.3 is 6.03 Å². The lowest BCUT2D eigenvalue weighted by Gasteiger charge is -2.13. The van der Waals surface area contributed by atoms with Gasteiger partial charge in [0, 0.05) is 17.1 Å². The van der Waals surface area contributed by atoms with Gasteiger partial charge in [-0.2, -0.15) is 0 Å². The summed E-state index contributed by atoms with van der Waals surface area (Å²) in [7, 11) is 0. The molecule has 0 atom stereocenters. The lowest BCUT2D eigenvalue weighted by molar-refractivity contribution is 0.262. The maximum absolute atomic E-state index is 12.0. The molecule has 0 aliphatic carbocycles. The Kier molecular flexibility index (Phi) is 6.21. The number of urea groups is 1. The molecule has 0 saturated carbocycles. The summed E-state index contributed by atoms with van der Waals surface area (Å²) in [6.07, 6.45) is 0. The summed E-state index contributed by atoms with van der Waals surface area (Å²) in [6.45, 7) is 0. The Bertz CT molecular complexity index is 885. The molecule has 0 saturated heterocycles. The van der Waals surface area contributed by atoms with Gasteiger partial charge in [0.25, 0.3) is 0 Å². The maximum atomic E-state index is 12.0. The van der Waals surface area contributed by atoms with Gasteiger partial charge in [-0.3, -0.25) is 10.9 Å². The molecular weight excluding hydrogens is 358 g/mol. The van der Waals surface area contributed by atoms with E-state index in [1.807, 2.05) is 72.8 Å². The van der Waals surface area contributed by atoms with Crippen LogP contribution in [0.5, 0.6) is 0 Å². The average molecular weight is 377 g/mol. The number of hydrazine groups is 1. The van der Waals surface area contributed by atoms with Crippen molar-refractivity contribution in [3.05, 3.63) is 84.9 Å². The third kappa shape index (κ3) is 6.02. The molecule has 3 aromatic rings. The highest BCUT2D eigenvalue weighted by atomic mass is 32.1. The van der Waals surface area contributed by atoms with E-state index in [-0.39, 0.29) is 6.03 Å². The van der Waals surface area contributed by atoms with Crippen LogP contribution < -0.4 is 26.8 Å². The molecule has 3 rings (SSSR count). The van der Waals surface area contributed by atoms with Crippen molar-refractivity contribution < 1.29 is 4.79 Å². The quantitative estimate of drug-likeness (QED) is 0.331. The van der Waals surface area contributed by atoms with Crippen LogP contribution >= 0.6 is 12.2 Å². The van der Waals surface area contributed by atoms with Crippen LogP contribution in [0.15, 0.2) is 84.9 Å². The van der Waals surface area contributed by atoms with Gasteiger partial charge in [-0.05, 0) is 60.7 Å². The summed E-state index contributed by atoms with van der Waals surface area (Å²) in [6, 6.07) is 25.9. The highest BCUT2D eigenvalue weighted by molar-refractivity contribution is 7.80. The molecule has 0 unspecified atom stereocenters. The van der Waals surface area contributed by atoms with Crippen LogP contribution in [0.1, 0.15) is 0 Å². The molecule has 0 fully saturated rings. The molecule has 2 amide bonds. The lowest BCUT2D eigenvalue weighted by atomic mass is 10.3. The van der Waals surface area contributed by atoms with Crippen molar-refractivity contribution in [2.24, 2.45) is 0 Å². The number of thiocarbonyl (C=S) groups is 1. The molecule has 27 heavy (non-hydrogen) atoms. The van der Waals surface area contributed by atoms with Gasteiger partial charge in [0.1, 0.15) is 0 Å². The second kappa shape index (κ2) is 9.21. The molecule has 7 heteroatoms. The first-order chi connectivity index (χ1) is 13.2. The zero-order chi connectivity index (χ0) is 18.9. The fourth-order valence-electron chi connectivity index (χ4n) is 2.26. The minimum absolute atomic E-state index is 0.298. The van der Waals surface area contributed by atoms with Crippen LogP contribution in [0.25, 0.3) is 0 Å². The first-order valence-corrected chi connectivity index (χ1v) is 8.71. The molecule has 0 bridgehead atoms. The number of rotatable bonds is 5. The third-order valence-electron chi connectivity index (χ3n) is 3.53. The minimum Gasteiger partial charge on any atom is -0.331 e. The van der Waals surface area contributed by atoms with Gasteiger partial charge in [-0.15, -0.1) is 0 Å². The van der Waals surface area contributed by atoms with E-state index in [1.54, 1.807) is 12.1 Å². The Morgan fingerprint density at radius 2 is 1.04 bits per heavy atom. The van der Waals surface area contributed by atoms with E-state index in [9.17, 15) is 4.79 Å². The number of carbonyl (C=O) groups is 1. The van der Waals surface area contributed by atoms with E-state index >= 15 is 0 Å². The van der Waals surface area contributed by atoms with Crippen molar-refractivity contribution in [1.29, 1.82) is 0 Å². The predicted molar refractivity (Wildman–Crippen MR) is 115 cm³/mol. The zero-order valence-electron chi connectivity index (χ0n) is 14.4. The summed E-state index contributed by atoms with van der Waals surface area (Å²) < 4.78 is 0. The molecule has 136 valence electrons. The Hall–Kier alpha value is -3.58. The molecule has 6 nitrogen and oxygen atoms in total. The van der Waals surface area contributed by atoms with Gasteiger partial charge in [0.2, 0.25) is 0 Å². The normalized spacial score (nSPS) is 9.78. The summed E-state index contributed by atoms with van der Waals surface area (Å²) in [5, 5.41) is 9.06. The fourth-order valence-corrected chi connectivity index (χ4v) is 2.43. The Labute approximate surface area is 163 Å². The molecule has 0 radical (unpaired) electrons. The Morgan fingerprint density at radius 3 is 1.59 bits per heavy atom. The number of anilines is 4. The molecule has 0 aromatic heterocycles. The molecule has 0 heterocycles. The summed E-state index contributed by atoms with van der Waals surface area (Å²) >= 11 is 5.23. The molecular formula is C20H19N5OS. The van der Waals surface area contributed by atoms with Crippen molar-refractivity contribution in [2.75, 3.05) is 21.4 Å². The second-order valence-electron chi connectivity index (χ2n) is 5.59. The maximum Gasteiger partial charge on any atom is 0.323 e.